The molecule has 0 bridgehead atoms. The second-order valence-electron chi connectivity index (χ2n) is 4.16. The van der Waals surface area contributed by atoms with Crippen molar-refractivity contribution in [1.29, 1.82) is 0 Å². The molecule has 18 heavy (non-hydrogen) atoms. The molecule has 1 N–H and O–H groups in total. The Kier molecular flexibility index (Phi) is 3.13. The van der Waals surface area contributed by atoms with Gasteiger partial charge in [-0.15, -0.1) is 0 Å². The molecule has 1 aliphatic rings. The number of halogens is 1. The third kappa shape index (κ3) is 1.78. The van der Waals surface area contributed by atoms with Gasteiger partial charge in [0.05, 0.1) is 11.6 Å². The molecule has 94 valence electrons. The summed E-state index contributed by atoms with van der Waals surface area (Å²) in [7, 11) is 1.53. The molecule has 0 saturated heterocycles. The molecule has 0 spiro atoms. The van der Waals surface area contributed by atoms with Crippen molar-refractivity contribution in [2.24, 2.45) is 0 Å². The highest BCUT2D eigenvalue weighted by Gasteiger charge is 2.40. The van der Waals surface area contributed by atoms with Gasteiger partial charge in [0.2, 0.25) is 0 Å². The lowest BCUT2D eigenvalue weighted by Gasteiger charge is -2.22. The van der Waals surface area contributed by atoms with E-state index in [2.05, 4.69) is 0 Å². The minimum Gasteiger partial charge on any atom is -0.503 e. The predicted molar refractivity (Wildman–Crippen MR) is 67.3 cm³/mol. The summed E-state index contributed by atoms with van der Waals surface area (Å²) in [5, 5.41) is 10.2. The average Bonchev–Trinajstić information content (AvgIpc) is 2.54. The van der Waals surface area contributed by atoms with Crippen LogP contribution in [0.4, 0.5) is 0 Å². The average molecular weight is 266 g/mol. The lowest BCUT2D eigenvalue weighted by Crippen LogP contribution is -2.26. The topological polar surface area (TPSA) is 57.6 Å². The monoisotopic (exact) mass is 265 g/mol. The molecule has 0 aliphatic carbocycles. The zero-order valence-electron chi connectivity index (χ0n) is 9.98. The number of amides is 1. The van der Waals surface area contributed by atoms with E-state index in [1.807, 2.05) is 0 Å². The van der Waals surface area contributed by atoms with Gasteiger partial charge in [-0.2, -0.15) is 0 Å². The van der Waals surface area contributed by atoms with Crippen LogP contribution in [0.5, 0.6) is 0 Å². The van der Waals surface area contributed by atoms with Crippen LogP contribution in [0, 0.1) is 0 Å². The first-order valence-electron chi connectivity index (χ1n) is 5.40. The third-order valence-electron chi connectivity index (χ3n) is 3.02. The van der Waals surface area contributed by atoms with Crippen LogP contribution in [0.25, 0.3) is 0 Å². The first-order chi connectivity index (χ1) is 8.45. The number of likely N-dealkylation sites (N-methyl/N-ethyl adjacent to an activating group) is 1. The summed E-state index contributed by atoms with van der Waals surface area (Å²) in [5.74, 6) is -1.39. The van der Waals surface area contributed by atoms with E-state index < -0.39 is 17.7 Å². The third-order valence-corrected chi connectivity index (χ3v) is 3.36. The van der Waals surface area contributed by atoms with E-state index in [9.17, 15) is 14.7 Å². The van der Waals surface area contributed by atoms with E-state index in [0.29, 0.717) is 10.6 Å². The minimum atomic E-state index is -0.622. The number of hydrogen-bond acceptors (Lipinski definition) is 3. The number of carbonyl (C=O) groups is 2. The van der Waals surface area contributed by atoms with Crippen molar-refractivity contribution in [2.45, 2.75) is 13.0 Å². The number of carbonyl (C=O) groups excluding carboxylic acids is 2. The summed E-state index contributed by atoms with van der Waals surface area (Å²) >= 11 is 6.08. The number of benzene rings is 1. The minimum absolute atomic E-state index is 0.0931. The van der Waals surface area contributed by atoms with Crippen molar-refractivity contribution >= 4 is 23.3 Å². The van der Waals surface area contributed by atoms with Crippen LogP contribution < -0.4 is 0 Å². The maximum atomic E-state index is 11.7. The van der Waals surface area contributed by atoms with Crippen molar-refractivity contribution in [1.82, 2.24) is 4.90 Å². The number of hydrogen-bond donors (Lipinski definition) is 1. The molecule has 4 nitrogen and oxygen atoms in total. The Hall–Kier alpha value is -1.81. The molecular formula is C13H12ClNO3. The van der Waals surface area contributed by atoms with Crippen LogP contribution in [0.2, 0.25) is 5.02 Å². The van der Waals surface area contributed by atoms with Crippen LogP contribution >= 0.6 is 11.6 Å². The molecule has 1 atom stereocenters. The van der Waals surface area contributed by atoms with Crippen LogP contribution in [0.3, 0.4) is 0 Å². The Bertz CT molecular complexity index is 565. The van der Waals surface area contributed by atoms with Crippen molar-refractivity contribution in [3.63, 3.8) is 0 Å². The maximum Gasteiger partial charge on any atom is 0.289 e. The van der Waals surface area contributed by atoms with Gasteiger partial charge >= 0.3 is 0 Å². The molecule has 1 amide bonds. The molecule has 0 saturated carbocycles. The van der Waals surface area contributed by atoms with Gasteiger partial charge in [-0.3, -0.25) is 9.59 Å². The molecule has 1 heterocycles. The van der Waals surface area contributed by atoms with Crippen LogP contribution in [-0.2, 0) is 9.59 Å². The number of aliphatic hydroxyl groups excluding tert-OH is 1. The van der Waals surface area contributed by atoms with Gasteiger partial charge in [-0.25, -0.2) is 0 Å². The lowest BCUT2D eigenvalue weighted by molar-refractivity contribution is -0.128. The zero-order valence-corrected chi connectivity index (χ0v) is 10.7. The highest BCUT2D eigenvalue weighted by Crippen LogP contribution is 2.39. The van der Waals surface area contributed by atoms with Crippen LogP contribution in [-0.4, -0.2) is 28.7 Å². The fourth-order valence-corrected chi connectivity index (χ4v) is 2.38. The quantitative estimate of drug-likeness (QED) is 0.892. The van der Waals surface area contributed by atoms with Crippen LogP contribution in [0.1, 0.15) is 18.5 Å². The molecule has 0 fully saturated rings. The fourth-order valence-electron chi connectivity index (χ4n) is 2.14. The van der Waals surface area contributed by atoms with Gasteiger partial charge in [-0.1, -0.05) is 29.8 Å². The lowest BCUT2D eigenvalue weighted by atomic mass is 9.97. The predicted octanol–water partition coefficient (Wildman–Crippen LogP) is 2.25. The summed E-state index contributed by atoms with van der Waals surface area (Å²) in [6, 6.07) is 6.33. The molecule has 1 aromatic rings. The van der Waals surface area contributed by atoms with Crippen molar-refractivity contribution in [2.75, 3.05) is 7.05 Å². The van der Waals surface area contributed by atoms with E-state index in [-0.39, 0.29) is 11.4 Å². The number of Topliss-reactive ketones (excluding diaryl/α,β-unsaturated/α-hetero) is 1. The SMILES string of the molecule is CC(=O)C1=C(O)C(=O)N(C)[C@H]1c1ccccc1Cl. The summed E-state index contributed by atoms with van der Waals surface area (Å²) in [5.41, 5.74) is 0.722. The first-order valence-corrected chi connectivity index (χ1v) is 5.78. The Morgan fingerprint density at radius 1 is 1.39 bits per heavy atom. The normalized spacial score (nSPS) is 19.6. The smallest absolute Gasteiger partial charge is 0.289 e. The first kappa shape index (κ1) is 12.6. The second-order valence-corrected chi connectivity index (χ2v) is 4.57. The van der Waals surface area contributed by atoms with Crippen LogP contribution in [0.15, 0.2) is 35.6 Å². The number of nitrogens with zero attached hydrogens (tertiary/aromatic N) is 1. The van der Waals surface area contributed by atoms with Crippen molar-refractivity contribution in [3.05, 3.63) is 46.2 Å². The maximum absolute atomic E-state index is 11.7. The number of aliphatic hydroxyl groups is 1. The van der Waals surface area contributed by atoms with E-state index >= 15 is 0 Å². The Balaban J connectivity index is 2.60. The number of rotatable bonds is 2. The van der Waals surface area contributed by atoms with Gasteiger partial charge in [-0.05, 0) is 18.6 Å². The van der Waals surface area contributed by atoms with Gasteiger partial charge in [0, 0.05) is 12.1 Å². The Labute approximate surface area is 109 Å². The molecule has 0 unspecified atom stereocenters. The van der Waals surface area contributed by atoms with Gasteiger partial charge in [0.1, 0.15) is 0 Å². The summed E-state index contributed by atoms with van der Waals surface area (Å²) in [6.07, 6.45) is 0. The number of ketones is 1. The Morgan fingerprint density at radius 2 is 2.00 bits per heavy atom. The van der Waals surface area contributed by atoms with E-state index in [1.54, 1.807) is 24.3 Å². The molecule has 0 aromatic heterocycles. The molecule has 5 heteroatoms. The summed E-state index contributed by atoms with van der Waals surface area (Å²) < 4.78 is 0. The van der Waals surface area contributed by atoms with Crippen molar-refractivity contribution < 1.29 is 14.7 Å². The largest absolute Gasteiger partial charge is 0.503 e. The molecule has 2 rings (SSSR count). The molecular weight excluding hydrogens is 254 g/mol. The van der Waals surface area contributed by atoms with E-state index in [0.717, 1.165) is 0 Å². The molecule has 1 aliphatic heterocycles. The zero-order chi connectivity index (χ0) is 13.4. The van der Waals surface area contributed by atoms with Gasteiger partial charge < -0.3 is 10.0 Å². The van der Waals surface area contributed by atoms with Crippen molar-refractivity contribution in [3.8, 4) is 0 Å². The molecule has 0 radical (unpaired) electrons. The van der Waals surface area contributed by atoms with E-state index in [1.165, 1.54) is 18.9 Å². The highest BCUT2D eigenvalue weighted by molar-refractivity contribution is 6.31. The fraction of sp³-hybridized carbons (Fsp3) is 0.231. The highest BCUT2D eigenvalue weighted by atomic mass is 35.5. The standard InChI is InChI=1S/C13H12ClNO3/c1-7(16)10-11(15(2)13(18)12(10)17)8-5-3-4-6-9(8)14/h3-6,11,17H,1-2H3/t11-/m0/s1. The second kappa shape index (κ2) is 4.46. The summed E-state index contributed by atoms with van der Waals surface area (Å²) in [4.78, 5) is 24.7. The molecule has 1 aromatic carbocycles. The van der Waals surface area contributed by atoms with E-state index in [4.69, 9.17) is 11.6 Å². The Morgan fingerprint density at radius 3 is 2.56 bits per heavy atom. The van der Waals surface area contributed by atoms with Gasteiger partial charge in [0.25, 0.3) is 5.91 Å². The summed E-state index contributed by atoms with van der Waals surface area (Å²) in [6.45, 7) is 1.32. The van der Waals surface area contributed by atoms with Gasteiger partial charge in [0.15, 0.2) is 11.5 Å².